The summed E-state index contributed by atoms with van der Waals surface area (Å²) >= 11 is 0. The maximum absolute atomic E-state index is 14.3. The molecule has 9 nitrogen and oxygen atoms in total. The van der Waals surface area contributed by atoms with Crippen molar-refractivity contribution in [1.82, 2.24) is 20.0 Å². The molecule has 212 valence electrons. The first kappa shape index (κ1) is 28.8. The lowest BCUT2D eigenvalue weighted by molar-refractivity contribution is -0.131. The summed E-state index contributed by atoms with van der Waals surface area (Å²) in [4.78, 5) is 31.7. The van der Waals surface area contributed by atoms with Crippen molar-refractivity contribution in [3.63, 3.8) is 0 Å². The van der Waals surface area contributed by atoms with Crippen LogP contribution in [0.1, 0.15) is 36.5 Å². The predicted octanol–water partition coefficient (Wildman–Crippen LogP) is 4.28. The van der Waals surface area contributed by atoms with Gasteiger partial charge in [0.15, 0.2) is 17.3 Å². The standard InChI is InChI=1S/C30H36FN5O4/c1-4-5-15-36(30(38)23-9-6-7-10-24(23)31)21-29(37)35-17-8-16-34(18-19-35)28-14-12-25(32-33-28)22-11-13-26(39-2)27(20-22)40-3/h6-7,9-14,20H,4-5,8,15-19,21H2,1-3H3. The highest BCUT2D eigenvalue weighted by Gasteiger charge is 2.25. The van der Waals surface area contributed by atoms with Crippen LogP contribution < -0.4 is 14.4 Å². The molecule has 1 aliphatic heterocycles. The van der Waals surface area contributed by atoms with Gasteiger partial charge in [-0.2, -0.15) is 0 Å². The Kier molecular flexibility index (Phi) is 9.88. The van der Waals surface area contributed by atoms with Gasteiger partial charge in [0, 0.05) is 38.3 Å². The molecule has 0 atom stereocenters. The molecule has 0 radical (unpaired) electrons. The van der Waals surface area contributed by atoms with E-state index in [1.54, 1.807) is 31.3 Å². The Balaban J connectivity index is 1.39. The van der Waals surface area contributed by atoms with Gasteiger partial charge < -0.3 is 24.2 Å². The van der Waals surface area contributed by atoms with E-state index >= 15 is 0 Å². The number of unbranched alkanes of at least 4 members (excludes halogenated alkanes) is 1. The number of amides is 2. The Hall–Kier alpha value is -4.21. The molecule has 40 heavy (non-hydrogen) atoms. The molecule has 2 aromatic carbocycles. The summed E-state index contributed by atoms with van der Waals surface area (Å²) in [5.74, 6) is 0.818. The minimum atomic E-state index is -0.579. The summed E-state index contributed by atoms with van der Waals surface area (Å²) in [7, 11) is 3.18. The molecule has 1 saturated heterocycles. The lowest BCUT2D eigenvalue weighted by Gasteiger charge is -2.27. The second-order valence-electron chi connectivity index (χ2n) is 9.63. The minimum Gasteiger partial charge on any atom is -0.493 e. The molecule has 0 saturated carbocycles. The average molecular weight is 550 g/mol. The maximum atomic E-state index is 14.3. The monoisotopic (exact) mass is 549 g/mol. The zero-order valence-corrected chi connectivity index (χ0v) is 23.3. The SMILES string of the molecule is CCCCN(CC(=O)N1CCCN(c2ccc(-c3ccc(OC)c(OC)c3)nn2)CC1)C(=O)c1ccccc1F. The number of rotatable bonds is 10. The molecule has 1 aliphatic rings. The van der Waals surface area contributed by atoms with Crippen molar-refractivity contribution in [2.24, 2.45) is 0 Å². The second-order valence-corrected chi connectivity index (χ2v) is 9.63. The molecule has 0 spiro atoms. The smallest absolute Gasteiger partial charge is 0.257 e. The second kappa shape index (κ2) is 13.7. The Morgan fingerprint density at radius 2 is 1.75 bits per heavy atom. The van der Waals surface area contributed by atoms with Gasteiger partial charge in [0.05, 0.1) is 25.5 Å². The molecular weight excluding hydrogens is 513 g/mol. The van der Waals surface area contributed by atoms with E-state index < -0.39 is 11.7 Å². The lowest BCUT2D eigenvalue weighted by atomic mass is 10.1. The van der Waals surface area contributed by atoms with E-state index in [-0.39, 0.29) is 18.0 Å². The van der Waals surface area contributed by atoms with Crippen LogP contribution >= 0.6 is 0 Å². The zero-order chi connectivity index (χ0) is 28.5. The highest BCUT2D eigenvalue weighted by Crippen LogP contribution is 2.31. The highest BCUT2D eigenvalue weighted by atomic mass is 19.1. The number of hydrogen-bond donors (Lipinski definition) is 0. The van der Waals surface area contributed by atoms with Crippen LogP contribution in [0.5, 0.6) is 11.5 Å². The number of aromatic nitrogens is 2. The van der Waals surface area contributed by atoms with Crippen LogP contribution in [0.3, 0.4) is 0 Å². The fraction of sp³-hybridized carbons (Fsp3) is 0.400. The third kappa shape index (κ3) is 6.86. The number of carbonyl (C=O) groups is 2. The van der Waals surface area contributed by atoms with Crippen LogP contribution in [-0.4, -0.2) is 85.3 Å². The first-order valence-corrected chi connectivity index (χ1v) is 13.6. The minimum absolute atomic E-state index is 0.0106. The maximum Gasteiger partial charge on any atom is 0.257 e. The molecule has 1 aromatic heterocycles. The number of halogens is 1. The van der Waals surface area contributed by atoms with Crippen molar-refractivity contribution in [2.75, 3.05) is 58.4 Å². The number of methoxy groups -OCH3 is 2. The highest BCUT2D eigenvalue weighted by molar-refractivity contribution is 5.96. The van der Waals surface area contributed by atoms with E-state index in [9.17, 15) is 14.0 Å². The van der Waals surface area contributed by atoms with E-state index in [0.29, 0.717) is 43.4 Å². The Morgan fingerprint density at radius 3 is 2.45 bits per heavy atom. The third-order valence-corrected chi connectivity index (χ3v) is 7.00. The number of anilines is 1. The summed E-state index contributed by atoms with van der Waals surface area (Å²) < 4.78 is 25.0. The number of carbonyl (C=O) groups excluding carboxylic acids is 2. The first-order valence-electron chi connectivity index (χ1n) is 13.6. The molecule has 4 rings (SSSR count). The number of benzene rings is 2. The summed E-state index contributed by atoms with van der Waals surface area (Å²) in [6.07, 6.45) is 2.35. The number of nitrogens with zero attached hydrogens (tertiary/aromatic N) is 5. The fourth-order valence-electron chi connectivity index (χ4n) is 4.71. The molecule has 2 amide bonds. The van der Waals surface area contributed by atoms with E-state index in [1.165, 1.54) is 17.0 Å². The van der Waals surface area contributed by atoms with Gasteiger partial charge in [0.2, 0.25) is 5.91 Å². The molecule has 0 aliphatic carbocycles. The predicted molar refractivity (Wildman–Crippen MR) is 151 cm³/mol. The molecule has 10 heteroatoms. The van der Waals surface area contributed by atoms with Crippen molar-refractivity contribution in [3.05, 3.63) is 66.0 Å². The van der Waals surface area contributed by atoms with E-state index in [1.807, 2.05) is 37.3 Å². The van der Waals surface area contributed by atoms with Crippen molar-refractivity contribution in [1.29, 1.82) is 0 Å². The first-order chi connectivity index (χ1) is 19.4. The van der Waals surface area contributed by atoms with Crippen LogP contribution in [0.25, 0.3) is 11.3 Å². The van der Waals surface area contributed by atoms with Crippen molar-refractivity contribution >= 4 is 17.6 Å². The van der Waals surface area contributed by atoms with Crippen molar-refractivity contribution < 1.29 is 23.5 Å². The molecule has 2 heterocycles. The van der Waals surface area contributed by atoms with Gasteiger partial charge in [-0.15, -0.1) is 10.2 Å². The zero-order valence-electron chi connectivity index (χ0n) is 23.3. The van der Waals surface area contributed by atoms with Gasteiger partial charge in [-0.25, -0.2) is 4.39 Å². The van der Waals surface area contributed by atoms with Gasteiger partial charge in [0.25, 0.3) is 5.91 Å². The third-order valence-electron chi connectivity index (χ3n) is 7.00. The Bertz CT molecular complexity index is 1300. The van der Waals surface area contributed by atoms with Crippen LogP contribution in [0.2, 0.25) is 0 Å². The van der Waals surface area contributed by atoms with Crippen molar-refractivity contribution in [2.45, 2.75) is 26.2 Å². The van der Waals surface area contributed by atoms with Crippen LogP contribution in [-0.2, 0) is 4.79 Å². The van der Waals surface area contributed by atoms with E-state index in [2.05, 4.69) is 15.1 Å². The van der Waals surface area contributed by atoms with Gasteiger partial charge in [0.1, 0.15) is 12.4 Å². The normalized spacial score (nSPS) is 13.5. The molecular formula is C30H36FN5O4. The molecule has 0 bridgehead atoms. The van der Waals surface area contributed by atoms with Gasteiger partial charge in [-0.3, -0.25) is 9.59 Å². The summed E-state index contributed by atoms with van der Waals surface area (Å²) in [5, 5.41) is 8.87. The topological polar surface area (TPSA) is 88.1 Å². The molecule has 0 unspecified atom stereocenters. The van der Waals surface area contributed by atoms with Gasteiger partial charge in [-0.1, -0.05) is 25.5 Å². The van der Waals surface area contributed by atoms with Crippen LogP contribution in [0.15, 0.2) is 54.6 Å². The molecule has 0 N–H and O–H groups in total. The largest absolute Gasteiger partial charge is 0.493 e. The van der Waals surface area contributed by atoms with Gasteiger partial charge in [-0.05, 0) is 55.3 Å². The van der Waals surface area contributed by atoms with Crippen molar-refractivity contribution in [3.8, 4) is 22.8 Å². The van der Waals surface area contributed by atoms with Crippen LogP contribution in [0, 0.1) is 5.82 Å². The summed E-state index contributed by atoms with van der Waals surface area (Å²) in [5.41, 5.74) is 1.56. The Morgan fingerprint density at radius 1 is 0.950 bits per heavy atom. The fourth-order valence-corrected chi connectivity index (χ4v) is 4.71. The summed E-state index contributed by atoms with van der Waals surface area (Å²) in [6.45, 7) is 4.72. The van der Waals surface area contributed by atoms with E-state index in [0.717, 1.165) is 37.2 Å². The van der Waals surface area contributed by atoms with E-state index in [4.69, 9.17) is 9.47 Å². The number of hydrogen-bond acceptors (Lipinski definition) is 7. The quantitative estimate of drug-likeness (QED) is 0.373. The summed E-state index contributed by atoms with van der Waals surface area (Å²) in [6, 6.07) is 15.3. The van der Waals surface area contributed by atoms with Crippen LogP contribution in [0.4, 0.5) is 10.2 Å². The number of ether oxygens (including phenoxy) is 2. The Labute approximate surface area is 234 Å². The lowest BCUT2D eigenvalue weighted by Crippen LogP contribution is -2.44. The molecule has 1 fully saturated rings. The average Bonchev–Trinajstić information content (AvgIpc) is 3.25. The van der Waals surface area contributed by atoms with Gasteiger partial charge >= 0.3 is 0 Å². The molecule has 3 aromatic rings.